The van der Waals surface area contributed by atoms with Crippen molar-refractivity contribution in [2.24, 2.45) is 0 Å². The highest BCUT2D eigenvalue weighted by molar-refractivity contribution is 6.22. The summed E-state index contributed by atoms with van der Waals surface area (Å²) in [5.74, 6) is 0.269. The molecule has 3 aromatic rings. The Morgan fingerprint density at radius 1 is 0.609 bits per heavy atom. The van der Waals surface area contributed by atoms with Crippen molar-refractivity contribution < 1.29 is 4.79 Å². The summed E-state index contributed by atoms with van der Waals surface area (Å²) in [6.45, 7) is 0. The van der Waals surface area contributed by atoms with E-state index < -0.39 is 0 Å². The summed E-state index contributed by atoms with van der Waals surface area (Å²) in [7, 11) is 0. The maximum Gasteiger partial charge on any atom is 0.190 e. The minimum absolute atomic E-state index is 0.0881. The second-order valence-corrected chi connectivity index (χ2v) is 6.09. The van der Waals surface area contributed by atoms with Gasteiger partial charge in [0.25, 0.3) is 0 Å². The zero-order valence-corrected chi connectivity index (χ0v) is 12.5. The van der Waals surface area contributed by atoms with Crippen LogP contribution in [0, 0.1) is 0 Å². The third-order valence-electron chi connectivity index (χ3n) is 4.92. The number of hydrogen-bond donors (Lipinski definition) is 0. The van der Waals surface area contributed by atoms with Crippen LogP contribution in [-0.4, -0.2) is 5.78 Å². The molecule has 0 saturated carbocycles. The van der Waals surface area contributed by atoms with Gasteiger partial charge in [0.15, 0.2) is 5.78 Å². The maximum absolute atomic E-state index is 13.1. The van der Waals surface area contributed by atoms with Crippen LogP contribution in [0.5, 0.6) is 0 Å². The fourth-order valence-corrected chi connectivity index (χ4v) is 4.01. The molecule has 0 N–H and O–H groups in total. The highest BCUT2D eigenvalue weighted by Gasteiger charge is 2.43. The number of Topliss-reactive ketones (excluding diaryl/α,β-unsaturated/α-hetero) is 1. The lowest BCUT2D eigenvalue weighted by atomic mass is 9.93. The van der Waals surface area contributed by atoms with E-state index in [4.69, 9.17) is 0 Å². The summed E-state index contributed by atoms with van der Waals surface area (Å²) in [6.07, 6.45) is 0. The highest BCUT2D eigenvalue weighted by Crippen LogP contribution is 2.53. The molecule has 0 aliphatic heterocycles. The summed E-state index contributed by atoms with van der Waals surface area (Å²) in [5.41, 5.74) is 7.62. The van der Waals surface area contributed by atoms with Crippen LogP contribution in [0.1, 0.15) is 38.5 Å². The molecular weight excluding hydrogens is 280 g/mol. The molecule has 5 rings (SSSR count). The Kier molecular flexibility index (Phi) is 2.48. The van der Waals surface area contributed by atoms with E-state index in [1.165, 1.54) is 11.1 Å². The molecule has 2 aliphatic carbocycles. The van der Waals surface area contributed by atoms with E-state index in [2.05, 4.69) is 42.5 Å². The van der Waals surface area contributed by atoms with Gasteiger partial charge in [-0.1, -0.05) is 78.9 Å². The number of allylic oxidation sites excluding steroid dienone is 1. The standard InChI is InChI=1S/C22H14O/c23-22-18-13-7-6-12-17(18)20-16-11-5-4-10-15(16)19(21(20)22)14-8-2-1-3-9-14/h1-13,20H. The second-order valence-electron chi connectivity index (χ2n) is 6.09. The highest BCUT2D eigenvalue weighted by atomic mass is 16.1. The Morgan fingerprint density at radius 2 is 1.17 bits per heavy atom. The summed E-state index contributed by atoms with van der Waals surface area (Å²) in [6, 6.07) is 26.7. The third-order valence-corrected chi connectivity index (χ3v) is 4.92. The van der Waals surface area contributed by atoms with E-state index in [0.29, 0.717) is 0 Å². The molecule has 1 heteroatoms. The topological polar surface area (TPSA) is 17.1 Å². The Bertz CT molecular complexity index is 980. The molecule has 0 aromatic heterocycles. The van der Waals surface area contributed by atoms with Crippen LogP contribution >= 0.6 is 0 Å². The van der Waals surface area contributed by atoms with E-state index in [-0.39, 0.29) is 11.7 Å². The first-order valence-electron chi connectivity index (χ1n) is 7.89. The van der Waals surface area contributed by atoms with Gasteiger partial charge in [0, 0.05) is 17.1 Å². The number of carbonyl (C=O) groups excluding carboxylic acids is 1. The van der Waals surface area contributed by atoms with E-state index in [1.54, 1.807) is 0 Å². The fraction of sp³-hybridized carbons (Fsp3) is 0.0455. The predicted molar refractivity (Wildman–Crippen MR) is 91.5 cm³/mol. The summed E-state index contributed by atoms with van der Waals surface area (Å²) in [4.78, 5) is 13.1. The van der Waals surface area contributed by atoms with Crippen molar-refractivity contribution in [2.75, 3.05) is 0 Å². The van der Waals surface area contributed by atoms with E-state index in [1.807, 2.05) is 36.4 Å². The lowest BCUT2D eigenvalue weighted by Crippen LogP contribution is -1.99. The molecule has 108 valence electrons. The van der Waals surface area contributed by atoms with Crippen molar-refractivity contribution in [3.05, 3.63) is 112 Å². The number of rotatable bonds is 1. The zero-order chi connectivity index (χ0) is 15.4. The Hall–Kier alpha value is -2.93. The fourth-order valence-electron chi connectivity index (χ4n) is 4.01. The second kappa shape index (κ2) is 4.53. The van der Waals surface area contributed by atoms with Crippen molar-refractivity contribution in [3.63, 3.8) is 0 Å². The lowest BCUT2D eigenvalue weighted by molar-refractivity contribution is 0.103. The number of fused-ring (bicyclic) bond motifs is 5. The molecule has 0 heterocycles. The van der Waals surface area contributed by atoms with Gasteiger partial charge in [-0.25, -0.2) is 0 Å². The van der Waals surface area contributed by atoms with Gasteiger partial charge in [0.2, 0.25) is 0 Å². The van der Waals surface area contributed by atoms with Crippen LogP contribution in [-0.2, 0) is 0 Å². The van der Waals surface area contributed by atoms with Gasteiger partial charge >= 0.3 is 0 Å². The molecule has 0 bridgehead atoms. The normalized spacial score (nSPS) is 17.9. The molecule has 1 nitrogen and oxygen atoms in total. The van der Waals surface area contributed by atoms with Crippen molar-refractivity contribution in [2.45, 2.75) is 5.92 Å². The van der Waals surface area contributed by atoms with Crippen molar-refractivity contribution >= 4 is 11.4 Å². The quantitative estimate of drug-likeness (QED) is 0.628. The Labute approximate surface area is 134 Å². The summed E-state index contributed by atoms with van der Waals surface area (Å²) < 4.78 is 0. The first kappa shape index (κ1) is 12.6. The van der Waals surface area contributed by atoms with Gasteiger partial charge in [-0.05, 0) is 27.8 Å². The van der Waals surface area contributed by atoms with Crippen molar-refractivity contribution in [1.29, 1.82) is 0 Å². The Balaban J connectivity index is 1.88. The summed E-state index contributed by atoms with van der Waals surface area (Å²) >= 11 is 0. The SMILES string of the molecule is O=C1C2=C(c3ccccc3)c3ccccc3C2c2ccccc21. The molecule has 0 radical (unpaired) electrons. The average Bonchev–Trinajstić information content (AvgIpc) is 3.10. The number of hydrogen-bond acceptors (Lipinski definition) is 1. The Morgan fingerprint density at radius 3 is 1.91 bits per heavy atom. The van der Waals surface area contributed by atoms with Crippen LogP contribution in [0.25, 0.3) is 5.57 Å². The molecule has 0 amide bonds. The minimum Gasteiger partial charge on any atom is -0.289 e. The molecule has 2 aliphatic rings. The minimum atomic E-state index is 0.0881. The third kappa shape index (κ3) is 1.59. The first-order valence-corrected chi connectivity index (χ1v) is 7.89. The molecule has 0 fully saturated rings. The van der Waals surface area contributed by atoms with Crippen molar-refractivity contribution in [1.82, 2.24) is 0 Å². The number of benzene rings is 3. The van der Waals surface area contributed by atoms with Crippen LogP contribution in [0.2, 0.25) is 0 Å². The molecule has 0 spiro atoms. The van der Waals surface area contributed by atoms with Crippen LogP contribution < -0.4 is 0 Å². The first-order chi connectivity index (χ1) is 11.4. The molecule has 1 atom stereocenters. The van der Waals surface area contributed by atoms with Gasteiger partial charge < -0.3 is 0 Å². The van der Waals surface area contributed by atoms with Crippen LogP contribution in [0.15, 0.2) is 84.4 Å². The molecule has 23 heavy (non-hydrogen) atoms. The monoisotopic (exact) mass is 294 g/mol. The lowest BCUT2D eigenvalue weighted by Gasteiger charge is -2.10. The van der Waals surface area contributed by atoms with Gasteiger partial charge in [0.05, 0.1) is 0 Å². The van der Waals surface area contributed by atoms with Gasteiger partial charge in [0.1, 0.15) is 0 Å². The van der Waals surface area contributed by atoms with Crippen LogP contribution in [0.3, 0.4) is 0 Å². The van der Waals surface area contributed by atoms with E-state index >= 15 is 0 Å². The maximum atomic E-state index is 13.1. The molecule has 3 aromatic carbocycles. The summed E-state index contributed by atoms with van der Waals surface area (Å²) in [5, 5.41) is 0. The molecule has 0 saturated heterocycles. The van der Waals surface area contributed by atoms with Crippen LogP contribution in [0.4, 0.5) is 0 Å². The van der Waals surface area contributed by atoms with Crippen molar-refractivity contribution in [3.8, 4) is 0 Å². The molecular formula is C22H14O. The largest absolute Gasteiger partial charge is 0.289 e. The number of carbonyl (C=O) groups is 1. The predicted octanol–water partition coefficient (Wildman–Crippen LogP) is 4.83. The van der Waals surface area contributed by atoms with E-state index in [9.17, 15) is 4.79 Å². The van der Waals surface area contributed by atoms with Gasteiger partial charge in [-0.15, -0.1) is 0 Å². The average molecular weight is 294 g/mol. The van der Waals surface area contributed by atoms with Gasteiger partial charge in [-0.2, -0.15) is 0 Å². The van der Waals surface area contributed by atoms with E-state index in [0.717, 1.165) is 27.8 Å². The molecule has 1 unspecified atom stereocenters. The smallest absolute Gasteiger partial charge is 0.190 e. The number of ketones is 1. The van der Waals surface area contributed by atoms with Gasteiger partial charge in [-0.3, -0.25) is 4.79 Å². The zero-order valence-electron chi connectivity index (χ0n) is 12.5.